The molecule has 7 nitrogen and oxygen atoms in total. The van der Waals surface area contributed by atoms with Crippen LogP contribution in [0.2, 0.25) is 0 Å². The zero-order valence-electron chi connectivity index (χ0n) is 8.32. The van der Waals surface area contributed by atoms with Crippen LogP contribution in [0, 0.1) is 11.3 Å². The van der Waals surface area contributed by atoms with E-state index in [1.807, 2.05) is 6.92 Å². The van der Waals surface area contributed by atoms with Gasteiger partial charge in [0, 0.05) is 6.54 Å². The van der Waals surface area contributed by atoms with E-state index in [1.165, 1.54) is 6.07 Å². The summed E-state index contributed by atoms with van der Waals surface area (Å²) < 4.78 is 0. The minimum Gasteiger partial charge on any atom is -0.364 e. The SMILES string of the molecule is CCCCNC(=O)ON=C(C#N)C(N)=O. The molecule has 82 valence electrons. The molecule has 0 bridgehead atoms. The normalized spacial score (nSPS) is 10.3. The molecule has 0 fully saturated rings. The average Bonchev–Trinajstić information content (AvgIpc) is 2.18. The van der Waals surface area contributed by atoms with E-state index >= 15 is 0 Å². The van der Waals surface area contributed by atoms with Crippen LogP contribution < -0.4 is 11.1 Å². The van der Waals surface area contributed by atoms with Crippen molar-refractivity contribution < 1.29 is 14.4 Å². The van der Waals surface area contributed by atoms with Crippen LogP contribution in [0.3, 0.4) is 0 Å². The number of rotatable bonds is 5. The van der Waals surface area contributed by atoms with Crippen molar-refractivity contribution in [3.63, 3.8) is 0 Å². The van der Waals surface area contributed by atoms with Crippen molar-refractivity contribution in [3.05, 3.63) is 0 Å². The van der Waals surface area contributed by atoms with E-state index in [0.717, 1.165) is 12.8 Å². The summed E-state index contributed by atoms with van der Waals surface area (Å²) in [5, 5.41) is 13.7. The molecule has 0 aliphatic rings. The third-order valence-corrected chi connectivity index (χ3v) is 1.36. The lowest BCUT2D eigenvalue weighted by Gasteiger charge is -2.00. The van der Waals surface area contributed by atoms with Crippen LogP contribution in [0.5, 0.6) is 0 Å². The molecule has 0 radical (unpaired) electrons. The maximum Gasteiger partial charge on any atom is 0.433 e. The summed E-state index contributed by atoms with van der Waals surface area (Å²) in [5.41, 5.74) is 4.10. The Labute approximate surface area is 86.9 Å². The van der Waals surface area contributed by atoms with Crippen LogP contribution in [0.1, 0.15) is 19.8 Å². The zero-order chi connectivity index (χ0) is 11.7. The maximum absolute atomic E-state index is 10.9. The molecule has 0 aromatic carbocycles. The van der Waals surface area contributed by atoms with Crippen molar-refractivity contribution >= 4 is 17.7 Å². The van der Waals surface area contributed by atoms with Gasteiger partial charge >= 0.3 is 6.09 Å². The summed E-state index contributed by atoms with van der Waals surface area (Å²) in [4.78, 5) is 25.5. The first kappa shape index (κ1) is 12.9. The summed E-state index contributed by atoms with van der Waals surface area (Å²) in [5.74, 6) is -1.04. The molecule has 0 rings (SSSR count). The van der Waals surface area contributed by atoms with Gasteiger partial charge in [-0.15, -0.1) is 0 Å². The summed E-state index contributed by atoms with van der Waals surface area (Å²) in [6.45, 7) is 2.41. The van der Waals surface area contributed by atoms with E-state index in [-0.39, 0.29) is 0 Å². The molecule has 0 spiro atoms. The van der Waals surface area contributed by atoms with E-state index in [9.17, 15) is 9.59 Å². The molecule has 0 aromatic rings. The van der Waals surface area contributed by atoms with Crippen LogP contribution in [0.4, 0.5) is 4.79 Å². The highest BCUT2D eigenvalue weighted by atomic mass is 16.7. The van der Waals surface area contributed by atoms with Gasteiger partial charge in [-0.1, -0.05) is 18.5 Å². The van der Waals surface area contributed by atoms with Crippen molar-refractivity contribution in [2.24, 2.45) is 10.9 Å². The quantitative estimate of drug-likeness (QED) is 0.286. The smallest absolute Gasteiger partial charge is 0.364 e. The number of nitrogens with one attached hydrogen (secondary N) is 1. The molecule has 0 saturated heterocycles. The predicted octanol–water partition coefficient (Wildman–Crippen LogP) is -0.122. The topological polar surface area (TPSA) is 118 Å². The number of carbonyl (C=O) groups excluding carboxylic acids is 2. The van der Waals surface area contributed by atoms with Gasteiger partial charge in [0.2, 0.25) is 5.71 Å². The van der Waals surface area contributed by atoms with Crippen LogP contribution in [-0.4, -0.2) is 24.3 Å². The second kappa shape index (κ2) is 7.32. The first-order valence-electron chi connectivity index (χ1n) is 4.34. The molecular formula is C8H12N4O3. The Hall–Kier alpha value is -2.10. The molecule has 0 saturated carbocycles. The molecule has 2 amide bonds. The van der Waals surface area contributed by atoms with Gasteiger partial charge in [-0.3, -0.25) is 9.63 Å². The first-order valence-corrected chi connectivity index (χ1v) is 4.34. The number of hydrogen-bond acceptors (Lipinski definition) is 5. The molecule has 0 atom stereocenters. The lowest BCUT2D eigenvalue weighted by Crippen LogP contribution is -2.26. The number of nitrogens with zero attached hydrogens (tertiary/aromatic N) is 2. The number of oxime groups is 1. The van der Waals surface area contributed by atoms with Gasteiger partial charge in [0.1, 0.15) is 6.07 Å². The molecule has 0 aromatic heterocycles. The molecule has 0 unspecified atom stereocenters. The average molecular weight is 212 g/mol. The Morgan fingerprint density at radius 3 is 2.73 bits per heavy atom. The Kier molecular flexibility index (Phi) is 6.29. The molecule has 15 heavy (non-hydrogen) atoms. The van der Waals surface area contributed by atoms with Gasteiger partial charge in [-0.25, -0.2) is 4.79 Å². The number of nitriles is 1. The minimum atomic E-state index is -1.04. The highest BCUT2D eigenvalue weighted by Crippen LogP contribution is 1.86. The number of nitrogens with two attached hydrogens (primary N) is 1. The number of carbonyl (C=O) groups is 2. The summed E-state index contributed by atoms with van der Waals surface area (Å²) in [7, 11) is 0. The van der Waals surface area contributed by atoms with Crippen molar-refractivity contribution in [3.8, 4) is 6.07 Å². The number of primary amides is 1. The Morgan fingerprint density at radius 1 is 1.60 bits per heavy atom. The zero-order valence-corrected chi connectivity index (χ0v) is 8.32. The van der Waals surface area contributed by atoms with Crippen molar-refractivity contribution in [1.29, 1.82) is 5.26 Å². The number of hydrogen-bond donors (Lipinski definition) is 2. The second-order valence-electron chi connectivity index (χ2n) is 2.58. The lowest BCUT2D eigenvalue weighted by atomic mass is 10.3. The highest BCUT2D eigenvalue weighted by Gasteiger charge is 2.07. The minimum absolute atomic E-state index is 0.448. The fourth-order valence-electron chi connectivity index (χ4n) is 0.607. The monoisotopic (exact) mass is 212 g/mol. The molecule has 0 heterocycles. The Balaban J connectivity index is 3.98. The van der Waals surface area contributed by atoms with Crippen LogP contribution in [0.25, 0.3) is 0 Å². The number of amides is 2. The van der Waals surface area contributed by atoms with Gasteiger partial charge in [-0.2, -0.15) is 5.26 Å². The van der Waals surface area contributed by atoms with Gasteiger partial charge < -0.3 is 11.1 Å². The van der Waals surface area contributed by atoms with Crippen molar-refractivity contribution in [2.75, 3.05) is 6.54 Å². The van der Waals surface area contributed by atoms with Gasteiger partial charge in [-0.05, 0) is 6.42 Å². The van der Waals surface area contributed by atoms with Gasteiger partial charge in [0.15, 0.2) is 0 Å². The third kappa shape index (κ3) is 6.04. The summed E-state index contributed by atoms with van der Waals surface area (Å²) in [6.07, 6.45) is 0.908. The first-order chi connectivity index (χ1) is 7.11. The van der Waals surface area contributed by atoms with E-state index < -0.39 is 17.7 Å². The highest BCUT2D eigenvalue weighted by molar-refractivity contribution is 6.44. The third-order valence-electron chi connectivity index (χ3n) is 1.36. The maximum atomic E-state index is 10.9. The van der Waals surface area contributed by atoms with E-state index in [2.05, 4.69) is 15.3 Å². The predicted molar refractivity (Wildman–Crippen MR) is 51.6 cm³/mol. The Morgan fingerprint density at radius 2 is 2.27 bits per heavy atom. The molecule has 0 aliphatic heterocycles. The summed E-state index contributed by atoms with van der Waals surface area (Å²) >= 11 is 0. The standard InChI is InChI=1S/C8H12N4O3/c1-2-3-4-11-8(14)15-12-6(5-9)7(10)13/h2-4H2,1H3,(H2,10,13)(H,11,14). The molecule has 0 aliphatic carbocycles. The van der Waals surface area contributed by atoms with Crippen LogP contribution in [0.15, 0.2) is 5.16 Å². The van der Waals surface area contributed by atoms with Gasteiger partial charge in [0.05, 0.1) is 0 Å². The van der Waals surface area contributed by atoms with Crippen molar-refractivity contribution in [1.82, 2.24) is 5.32 Å². The molecule has 7 heteroatoms. The largest absolute Gasteiger partial charge is 0.433 e. The lowest BCUT2D eigenvalue weighted by molar-refractivity contribution is -0.112. The van der Waals surface area contributed by atoms with Crippen LogP contribution >= 0.6 is 0 Å². The fraction of sp³-hybridized carbons (Fsp3) is 0.500. The summed E-state index contributed by atoms with van der Waals surface area (Å²) in [6, 6.07) is 1.39. The molecule has 3 N–H and O–H groups in total. The molecular weight excluding hydrogens is 200 g/mol. The second-order valence-corrected chi connectivity index (χ2v) is 2.58. The van der Waals surface area contributed by atoms with Gasteiger partial charge in [0.25, 0.3) is 5.91 Å². The number of unbranched alkanes of at least 4 members (excludes halogenated alkanes) is 1. The van der Waals surface area contributed by atoms with E-state index in [4.69, 9.17) is 11.0 Å². The van der Waals surface area contributed by atoms with Crippen molar-refractivity contribution in [2.45, 2.75) is 19.8 Å². The van der Waals surface area contributed by atoms with Crippen LogP contribution in [-0.2, 0) is 9.63 Å². The Bertz CT molecular complexity index is 305. The fourth-order valence-corrected chi connectivity index (χ4v) is 0.607. The van der Waals surface area contributed by atoms with E-state index in [0.29, 0.717) is 6.54 Å². The van der Waals surface area contributed by atoms with E-state index in [1.54, 1.807) is 0 Å².